The van der Waals surface area contributed by atoms with E-state index in [-0.39, 0.29) is 0 Å². The lowest BCUT2D eigenvalue weighted by Gasteiger charge is -2.34. The van der Waals surface area contributed by atoms with Crippen LogP contribution in [0, 0.1) is 5.92 Å². The summed E-state index contributed by atoms with van der Waals surface area (Å²) < 4.78 is 0. The van der Waals surface area contributed by atoms with Gasteiger partial charge in [-0.2, -0.15) is 0 Å². The smallest absolute Gasteiger partial charge is 0.0348 e. The van der Waals surface area contributed by atoms with Gasteiger partial charge in [0, 0.05) is 6.04 Å². The summed E-state index contributed by atoms with van der Waals surface area (Å²) in [7, 11) is 0. The van der Waals surface area contributed by atoms with E-state index in [0.717, 1.165) is 18.9 Å². The average Bonchev–Trinajstić information content (AvgIpc) is 2.26. The Labute approximate surface area is 99.3 Å². The molecule has 0 bridgehead atoms. The molecular weight excluding hydrogens is 194 g/mol. The van der Waals surface area contributed by atoms with Gasteiger partial charge in [0.2, 0.25) is 0 Å². The van der Waals surface area contributed by atoms with Gasteiger partial charge in [-0.1, -0.05) is 44.5 Å². The zero-order chi connectivity index (χ0) is 11.4. The number of aryl methyl sites for hydroxylation is 1. The van der Waals surface area contributed by atoms with E-state index in [1.807, 2.05) is 0 Å². The fraction of sp³-hybridized carbons (Fsp3) is 0.600. The van der Waals surface area contributed by atoms with Crippen molar-refractivity contribution in [1.82, 2.24) is 5.32 Å². The molecule has 1 saturated carbocycles. The monoisotopic (exact) mass is 217 g/mol. The summed E-state index contributed by atoms with van der Waals surface area (Å²) in [4.78, 5) is 0. The molecule has 0 radical (unpaired) electrons. The standard InChI is InChI=1S/C15H23N/c1-3-12-8-10-14(11-9-12)15(16-4-2)13-6-5-7-13/h8-11,13,15-16H,3-7H2,1-2H3. The Morgan fingerprint density at radius 3 is 2.31 bits per heavy atom. The van der Waals surface area contributed by atoms with Crippen LogP contribution in [0.5, 0.6) is 0 Å². The van der Waals surface area contributed by atoms with E-state index in [0.29, 0.717) is 6.04 Å². The van der Waals surface area contributed by atoms with E-state index in [1.165, 1.54) is 30.4 Å². The van der Waals surface area contributed by atoms with Crippen LogP contribution in [0.3, 0.4) is 0 Å². The Kier molecular flexibility index (Phi) is 4.00. The van der Waals surface area contributed by atoms with Gasteiger partial charge in [-0.3, -0.25) is 0 Å². The zero-order valence-electron chi connectivity index (χ0n) is 10.5. The summed E-state index contributed by atoms with van der Waals surface area (Å²) in [6.45, 7) is 5.48. The minimum atomic E-state index is 0.588. The first-order valence-electron chi connectivity index (χ1n) is 6.67. The molecule has 1 heteroatoms. The fourth-order valence-corrected chi connectivity index (χ4v) is 2.51. The first kappa shape index (κ1) is 11.7. The Morgan fingerprint density at radius 2 is 1.88 bits per heavy atom. The lowest BCUT2D eigenvalue weighted by molar-refractivity contribution is 0.233. The summed E-state index contributed by atoms with van der Waals surface area (Å²) in [6, 6.07) is 9.76. The van der Waals surface area contributed by atoms with Crippen LogP contribution in [0.15, 0.2) is 24.3 Å². The van der Waals surface area contributed by atoms with E-state index in [1.54, 1.807) is 0 Å². The molecule has 1 nitrogen and oxygen atoms in total. The third kappa shape index (κ3) is 2.46. The maximum atomic E-state index is 3.64. The molecule has 0 aliphatic heterocycles. The van der Waals surface area contributed by atoms with Gasteiger partial charge in [-0.25, -0.2) is 0 Å². The second-order valence-corrected chi connectivity index (χ2v) is 4.82. The summed E-state index contributed by atoms with van der Waals surface area (Å²) in [6.07, 6.45) is 5.34. The molecule has 16 heavy (non-hydrogen) atoms. The van der Waals surface area contributed by atoms with Crippen LogP contribution < -0.4 is 5.32 Å². The van der Waals surface area contributed by atoms with Gasteiger partial charge in [0.15, 0.2) is 0 Å². The highest BCUT2D eigenvalue weighted by molar-refractivity contribution is 5.26. The summed E-state index contributed by atoms with van der Waals surface area (Å²) in [5, 5.41) is 3.64. The molecule has 88 valence electrons. The first-order valence-corrected chi connectivity index (χ1v) is 6.67. The maximum Gasteiger partial charge on any atom is 0.0348 e. The van der Waals surface area contributed by atoms with Crippen molar-refractivity contribution >= 4 is 0 Å². The van der Waals surface area contributed by atoms with Crippen LogP contribution in [0.1, 0.15) is 50.3 Å². The predicted molar refractivity (Wildman–Crippen MR) is 69.6 cm³/mol. The van der Waals surface area contributed by atoms with Crippen molar-refractivity contribution in [2.24, 2.45) is 5.92 Å². The Morgan fingerprint density at radius 1 is 1.19 bits per heavy atom. The number of benzene rings is 1. The Balaban J connectivity index is 2.10. The van der Waals surface area contributed by atoms with Crippen LogP contribution in [-0.4, -0.2) is 6.54 Å². The van der Waals surface area contributed by atoms with Crippen LogP contribution in [0.4, 0.5) is 0 Å². The molecule has 1 atom stereocenters. The van der Waals surface area contributed by atoms with E-state index in [4.69, 9.17) is 0 Å². The largest absolute Gasteiger partial charge is 0.310 e. The highest BCUT2D eigenvalue weighted by Crippen LogP contribution is 2.37. The molecule has 2 rings (SSSR count). The molecule has 1 aliphatic carbocycles. The maximum absolute atomic E-state index is 3.64. The van der Waals surface area contributed by atoms with Crippen molar-refractivity contribution in [2.75, 3.05) is 6.54 Å². The third-order valence-electron chi connectivity index (χ3n) is 3.79. The molecule has 1 aromatic carbocycles. The minimum Gasteiger partial charge on any atom is -0.310 e. The lowest BCUT2D eigenvalue weighted by atomic mass is 9.77. The van der Waals surface area contributed by atoms with Crippen LogP contribution in [0.2, 0.25) is 0 Å². The minimum absolute atomic E-state index is 0.588. The fourth-order valence-electron chi connectivity index (χ4n) is 2.51. The molecule has 0 spiro atoms. The van der Waals surface area contributed by atoms with Crippen molar-refractivity contribution in [1.29, 1.82) is 0 Å². The summed E-state index contributed by atoms with van der Waals surface area (Å²) >= 11 is 0. The van der Waals surface area contributed by atoms with Crippen LogP contribution in [0.25, 0.3) is 0 Å². The second kappa shape index (κ2) is 5.49. The van der Waals surface area contributed by atoms with Crippen molar-refractivity contribution in [3.8, 4) is 0 Å². The van der Waals surface area contributed by atoms with Crippen molar-refractivity contribution < 1.29 is 0 Å². The quantitative estimate of drug-likeness (QED) is 0.793. The lowest BCUT2D eigenvalue weighted by Crippen LogP contribution is -2.32. The van der Waals surface area contributed by atoms with Gasteiger partial charge in [-0.05, 0) is 42.9 Å². The van der Waals surface area contributed by atoms with Gasteiger partial charge >= 0.3 is 0 Å². The number of hydrogen-bond donors (Lipinski definition) is 1. The highest BCUT2D eigenvalue weighted by Gasteiger charge is 2.27. The number of hydrogen-bond acceptors (Lipinski definition) is 1. The van der Waals surface area contributed by atoms with E-state index in [9.17, 15) is 0 Å². The van der Waals surface area contributed by atoms with Gasteiger partial charge in [0.05, 0.1) is 0 Å². The molecule has 1 N–H and O–H groups in total. The molecule has 1 aliphatic rings. The van der Waals surface area contributed by atoms with E-state index >= 15 is 0 Å². The Hall–Kier alpha value is -0.820. The zero-order valence-corrected chi connectivity index (χ0v) is 10.5. The summed E-state index contributed by atoms with van der Waals surface area (Å²) in [5.41, 5.74) is 2.91. The molecule has 1 fully saturated rings. The average molecular weight is 217 g/mol. The second-order valence-electron chi connectivity index (χ2n) is 4.82. The topological polar surface area (TPSA) is 12.0 Å². The first-order chi connectivity index (χ1) is 7.85. The van der Waals surface area contributed by atoms with Gasteiger partial charge in [-0.15, -0.1) is 0 Å². The van der Waals surface area contributed by atoms with Crippen molar-refractivity contribution in [3.63, 3.8) is 0 Å². The van der Waals surface area contributed by atoms with Gasteiger partial charge < -0.3 is 5.32 Å². The molecule has 1 unspecified atom stereocenters. The molecule has 0 saturated heterocycles. The molecule has 0 amide bonds. The SMILES string of the molecule is CCNC(c1ccc(CC)cc1)C1CCC1. The van der Waals surface area contributed by atoms with Crippen LogP contribution in [-0.2, 0) is 6.42 Å². The number of rotatable bonds is 5. The van der Waals surface area contributed by atoms with E-state index < -0.39 is 0 Å². The third-order valence-corrected chi connectivity index (χ3v) is 3.79. The molecular formula is C15H23N. The van der Waals surface area contributed by atoms with Gasteiger partial charge in [0.1, 0.15) is 0 Å². The van der Waals surface area contributed by atoms with Crippen LogP contribution >= 0.6 is 0 Å². The van der Waals surface area contributed by atoms with Crippen molar-refractivity contribution in [3.05, 3.63) is 35.4 Å². The predicted octanol–water partition coefficient (Wildman–Crippen LogP) is 3.70. The Bertz CT molecular complexity index is 311. The highest BCUT2D eigenvalue weighted by atomic mass is 14.9. The normalized spacial score (nSPS) is 18.1. The van der Waals surface area contributed by atoms with E-state index in [2.05, 4.69) is 43.4 Å². The van der Waals surface area contributed by atoms with Gasteiger partial charge in [0.25, 0.3) is 0 Å². The molecule has 0 aromatic heterocycles. The number of nitrogens with one attached hydrogen (secondary N) is 1. The molecule has 0 heterocycles. The molecule has 1 aromatic rings. The summed E-state index contributed by atoms with van der Waals surface area (Å²) in [5.74, 6) is 0.868. The van der Waals surface area contributed by atoms with Crippen molar-refractivity contribution in [2.45, 2.75) is 45.6 Å².